The van der Waals surface area contributed by atoms with Gasteiger partial charge in [-0.25, -0.2) is 9.18 Å². The number of halogens is 1. The first kappa shape index (κ1) is 23.8. The van der Waals surface area contributed by atoms with Crippen LogP contribution in [0.25, 0.3) is 0 Å². The van der Waals surface area contributed by atoms with Crippen molar-refractivity contribution >= 4 is 39.3 Å². The van der Waals surface area contributed by atoms with Crippen LogP contribution < -0.4 is 9.80 Å². The number of thioether (sulfide) groups is 1. The molecule has 2 aliphatic heterocycles. The van der Waals surface area contributed by atoms with Crippen LogP contribution in [0.2, 0.25) is 0 Å². The van der Waals surface area contributed by atoms with Crippen LogP contribution in [0.4, 0.5) is 20.6 Å². The number of nitrogens with zero attached hydrogens (tertiary/aromatic N) is 2. The minimum Gasteiger partial charge on any atom is -0.442 e. The molecule has 2 aromatic rings. The maximum absolute atomic E-state index is 15.0. The Morgan fingerprint density at radius 1 is 1.12 bits per heavy atom. The van der Waals surface area contributed by atoms with Gasteiger partial charge >= 0.3 is 6.09 Å². The summed E-state index contributed by atoms with van der Waals surface area (Å²) >= 11 is 1.91. The van der Waals surface area contributed by atoms with Gasteiger partial charge in [-0.1, -0.05) is 29.8 Å². The Labute approximate surface area is 197 Å². The third-order valence-electron chi connectivity index (χ3n) is 5.92. The summed E-state index contributed by atoms with van der Waals surface area (Å²) in [5, 5.41) is -1.44. The number of hydrogen-bond acceptors (Lipinski definition) is 6. The van der Waals surface area contributed by atoms with Gasteiger partial charge in [-0.15, -0.1) is 0 Å². The van der Waals surface area contributed by atoms with Crippen LogP contribution in [0.15, 0.2) is 42.5 Å². The molecule has 0 aliphatic carbocycles. The van der Waals surface area contributed by atoms with E-state index in [4.69, 9.17) is 4.74 Å². The molecule has 2 fully saturated rings. The number of amides is 1. The van der Waals surface area contributed by atoms with Crippen molar-refractivity contribution < 1.29 is 26.9 Å². The van der Waals surface area contributed by atoms with E-state index < -0.39 is 33.4 Å². The Balaban J connectivity index is 1.56. The summed E-state index contributed by atoms with van der Waals surface area (Å²) in [7, 11) is -4.57. The minimum absolute atomic E-state index is 0.128. The van der Waals surface area contributed by atoms with Gasteiger partial charge < -0.3 is 9.64 Å². The Morgan fingerprint density at radius 3 is 2.39 bits per heavy atom. The van der Waals surface area contributed by atoms with E-state index in [1.165, 1.54) is 11.0 Å². The normalized spacial score (nSPS) is 20.8. The van der Waals surface area contributed by atoms with Crippen molar-refractivity contribution in [3.05, 3.63) is 59.4 Å². The number of hydrogen-bond donors (Lipinski definition) is 1. The van der Waals surface area contributed by atoms with E-state index in [0.717, 1.165) is 43.0 Å². The van der Waals surface area contributed by atoms with Crippen molar-refractivity contribution in [3.63, 3.8) is 0 Å². The molecule has 2 atom stereocenters. The van der Waals surface area contributed by atoms with E-state index in [1.54, 1.807) is 36.4 Å². The summed E-state index contributed by atoms with van der Waals surface area (Å²) in [6.45, 7) is 3.26. The topological polar surface area (TPSA) is 87.2 Å². The van der Waals surface area contributed by atoms with Gasteiger partial charge in [0.25, 0.3) is 10.1 Å². The molecule has 2 aliphatic rings. The molecule has 2 aromatic carbocycles. The third kappa shape index (κ3) is 5.44. The summed E-state index contributed by atoms with van der Waals surface area (Å²) in [6.07, 6.45) is 0.0327. The average Bonchev–Trinajstić information content (AvgIpc) is 3.10. The van der Waals surface area contributed by atoms with E-state index in [1.807, 2.05) is 23.6 Å². The predicted molar refractivity (Wildman–Crippen MR) is 128 cm³/mol. The molecule has 10 heteroatoms. The molecule has 2 heterocycles. The molecule has 2 saturated heterocycles. The van der Waals surface area contributed by atoms with Gasteiger partial charge in [0, 0.05) is 13.1 Å². The smallest absolute Gasteiger partial charge is 0.414 e. The van der Waals surface area contributed by atoms with Crippen LogP contribution in [0, 0.1) is 12.7 Å². The van der Waals surface area contributed by atoms with E-state index >= 15 is 4.39 Å². The van der Waals surface area contributed by atoms with Gasteiger partial charge in [-0.3, -0.25) is 9.45 Å². The Kier molecular flexibility index (Phi) is 7.16. The molecule has 4 rings (SSSR count). The number of ether oxygens (including phenoxy) is 1. The second-order valence-electron chi connectivity index (χ2n) is 8.32. The molecule has 178 valence electrons. The van der Waals surface area contributed by atoms with Gasteiger partial charge in [0.2, 0.25) is 0 Å². The van der Waals surface area contributed by atoms with E-state index in [0.29, 0.717) is 11.3 Å². The van der Waals surface area contributed by atoms with Crippen LogP contribution in [0.3, 0.4) is 0 Å². The van der Waals surface area contributed by atoms with Gasteiger partial charge in [0.1, 0.15) is 11.9 Å². The fourth-order valence-corrected chi connectivity index (χ4v) is 6.17. The number of cyclic esters (lactones) is 1. The predicted octanol–water partition coefficient (Wildman–Crippen LogP) is 4.42. The highest BCUT2D eigenvalue weighted by Gasteiger charge is 2.44. The van der Waals surface area contributed by atoms with Crippen molar-refractivity contribution in [2.45, 2.75) is 31.1 Å². The van der Waals surface area contributed by atoms with Crippen LogP contribution in [-0.4, -0.2) is 56.3 Å². The molecule has 0 radical (unpaired) electrons. The van der Waals surface area contributed by atoms with Gasteiger partial charge in [-0.2, -0.15) is 20.2 Å². The zero-order valence-corrected chi connectivity index (χ0v) is 19.9. The second kappa shape index (κ2) is 9.90. The van der Waals surface area contributed by atoms with E-state index in [2.05, 4.69) is 0 Å². The monoisotopic (exact) mass is 494 g/mol. The number of rotatable bonds is 5. The maximum atomic E-state index is 15.0. The highest BCUT2D eigenvalue weighted by Crippen LogP contribution is 2.35. The lowest BCUT2D eigenvalue weighted by molar-refractivity contribution is 0.137. The number of carbonyl (C=O) groups excluding carboxylic acids is 1. The first-order valence-corrected chi connectivity index (χ1v) is 13.5. The van der Waals surface area contributed by atoms with Crippen molar-refractivity contribution in [2.75, 3.05) is 40.9 Å². The van der Waals surface area contributed by atoms with Crippen LogP contribution in [0.1, 0.15) is 29.2 Å². The highest BCUT2D eigenvalue weighted by atomic mass is 32.2. The summed E-state index contributed by atoms with van der Waals surface area (Å²) in [4.78, 5) is 15.8. The molecule has 7 nitrogen and oxygen atoms in total. The van der Waals surface area contributed by atoms with Crippen LogP contribution >= 0.6 is 11.8 Å². The summed E-state index contributed by atoms with van der Waals surface area (Å²) in [5.41, 5.74) is 2.02. The van der Waals surface area contributed by atoms with Crippen molar-refractivity contribution in [3.8, 4) is 0 Å². The molecule has 0 saturated carbocycles. The maximum Gasteiger partial charge on any atom is 0.414 e. The Bertz CT molecular complexity index is 1100. The number of aryl methyl sites for hydroxylation is 1. The fraction of sp³-hybridized carbons (Fsp3) is 0.435. The zero-order valence-electron chi connectivity index (χ0n) is 18.3. The van der Waals surface area contributed by atoms with Gasteiger partial charge in [-0.05, 0) is 55.0 Å². The highest BCUT2D eigenvalue weighted by molar-refractivity contribution is 7.99. The molecule has 1 N–H and O–H groups in total. The lowest BCUT2D eigenvalue weighted by atomic mass is 10.1. The Morgan fingerprint density at radius 2 is 1.79 bits per heavy atom. The summed E-state index contributed by atoms with van der Waals surface area (Å²) in [6, 6.07) is 11.2. The van der Waals surface area contributed by atoms with E-state index in [9.17, 15) is 17.8 Å². The first-order chi connectivity index (χ1) is 15.7. The van der Waals surface area contributed by atoms with E-state index in [-0.39, 0.29) is 12.2 Å². The molecule has 1 amide bonds. The fourth-order valence-electron chi connectivity index (χ4n) is 4.28. The van der Waals surface area contributed by atoms with Crippen LogP contribution in [-0.2, 0) is 14.9 Å². The second-order valence-corrected chi connectivity index (χ2v) is 11.1. The third-order valence-corrected chi connectivity index (χ3v) is 8.29. The SMILES string of the molecule is Cc1ccc([C@H]([C@H]2CN(c3ccc(N4CCCSCCC4)c(F)c3)C(=O)O2)S(=O)(=O)O)cc1. The van der Waals surface area contributed by atoms with Gasteiger partial charge in [0.15, 0.2) is 5.25 Å². The molecular formula is C23H27FN2O5S2. The van der Waals surface area contributed by atoms with Crippen molar-refractivity contribution in [1.29, 1.82) is 0 Å². The summed E-state index contributed by atoms with van der Waals surface area (Å²) in [5.74, 6) is 1.65. The standard InChI is InChI=1S/C23H27FN2O5S2/c1-16-4-6-17(7-5-16)22(33(28,29)30)21-15-26(23(27)31-21)18-8-9-20(19(24)14-18)25-10-2-12-32-13-3-11-25/h4-9,14,21-22H,2-3,10-13,15H2,1H3,(H,28,29,30)/t21-,22-/m1/s1. The molecule has 33 heavy (non-hydrogen) atoms. The first-order valence-electron chi connectivity index (χ1n) is 10.9. The molecule has 0 unspecified atom stereocenters. The number of carbonyl (C=O) groups is 1. The largest absolute Gasteiger partial charge is 0.442 e. The van der Waals surface area contributed by atoms with Crippen LogP contribution in [0.5, 0.6) is 0 Å². The Hall–Kier alpha value is -2.30. The zero-order chi connectivity index (χ0) is 23.6. The minimum atomic E-state index is -4.57. The number of benzene rings is 2. The number of anilines is 2. The lowest BCUT2D eigenvalue weighted by Gasteiger charge is -2.27. The molecular weight excluding hydrogens is 467 g/mol. The average molecular weight is 495 g/mol. The van der Waals surface area contributed by atoms with Crippen molar-refractivity contribution in [1.82, 2.24) is 0 Å². The quantitative estimate of drug-likeness (QED) is 0.616. The van der Waals surface area contributed by atoms with Gasteiger partial charge in [0.05, 0.1) is 17.9 Å². The molecule has 0 aromatic heterocycles. The summed E-state index contributed by atoms with van der Waals surface area (Å²) < 4.78 is 54.6. The lowest BCUT2D eigenvalue weighted by Crippen LogP contribution is -2.31. The van der Waals surface area contributed by atoms with Crippen molar-refractivity contribution in [2.24, 2.45) is 0 Å². The molecule has 0 bridgehead atoms. The molecule has 0 spiro atoms.